The van der Waals surface area contributed by atoms with E-state index in [0.717, 1.165) is 11.1 Å². The number of carbonyl (C=O) groups excluding carboxylic acids is 3. The first-order chi connectivity index (χ1) is 12.5. The molecule has 0 saturated heterocycles. The van der Waals surface area contributed by atoms with Gasteiger partial charge in [-0.2, -0.15) is 0 Å². The quantitative estimate of drug-likeness (QED) is 0.830. The van der Waals surface area contributed by atoms with Crippen molar-refractivity contribution in [3.05, 3.63) is 71.8 Å². The zero-order chi connectivity index (χ0) is 18.8. The summed E-state index contributed by atoms with van der Waals surface area (Å²) in [6.07, 6.45) is -1.64. The Bertz CT molecular complexity index is 734. The van der Waals surface area contributed by atoms with Crippen molar-refractivity contribution in [3.63, 3.8) is 0 Å². The Morgan fingerprint density at radius 1 is 0.808 bits per heavy atom. The molecule has 0 spiro atoms. The lowest BCUT2D eigenvalue weighted by atomic mass is 10.2. The number of benzene rings is 2. The normalized spacial score (nSPS) is 11.1. The predicted octanol–water partition coefficient (Wildman–Crippen LogP) is 2.75. The van der Waals surface area contributed by atoms with Gasteiger partial charge in [-0.1, -0.05) is 60.7 Å². The molecule has 26 heavy (non-hydrogen) atoms. The summed E-state index contributed by atoms with van der Waals surface area (Å²) >= 11 is 0. The van der Waals surface area contributed by atoms with Gasteiger partial charge in [0.1, 0.15) is 19.3 Å². The summed E-state index contributed by atoms with van der Waals surface area (Å²) < 4.78 is 9.96. The second kappa shape index (κ2) is 9.83. The smallest absolute Gasteiger partial charge is 0.414 e. The highest BCUT2D eigenvalue weighted by atomic mass is 16.6. The van der Waals surface area contributed by atoms with Crippen LogP contribution in [0.1, 0.15) is 18.1 Å². The molecule has 2 aromatic rings. The SMILES string of the molecule is CC(NC(=O)OCc1ccccc1)C(=O)NC(=O)OCc1ccccc1. The fraction of sp³-hybridized carbons (Fsp3) is 0.211. The van der Waals surface area contributed by atoms with Crippen LogP contribution in [0.2, 0.25) is 0 Å². The van der Waals surface area contributed by atoms with E-state index in [9.17, 15) is 14.4 Å². The van der Waals surface area contributed by atoms with Crippen molar-refractivity contribution in [1.82, 2.24) is 10.6 Å². The first-order valence-corrected chi connectivity index (χ1v) is 8.03. The maximum atomic E-state index is 11.9. The molecule has 7 nitrogen and oxygen atoms in total. The maximum absolute atomic E-state index is 11.9. The lowest BCUT2D eigenvalue weighted by molar-refractivity contribution is -0.122. The minimum Gasteiger partial charge on any atom is -0.445 e. The number of amides is 3. The number of rotatable bonds is 6. The van der Waals surface area contributed by atoms with Gasteiger partial charge in [0.2, 0.25) is 0 Å². The molecule has 0 radical (unpaired) electrons. The van der Waals surface area contributed by atoms with E-state index in [0.29, 0.717) is 0 Å². The van der Waals surface area contributed by atoms with Crippen LogP contribution in [0.15, 0.2) is 60.7 Å². The van der Waals surface area contributed by atoms with E-state index in [2.05, 4.69) is 10.6 Å². The number of nitrogens with one attached hydrogen (secondary N) is 2. The number of carbonyl (C=O) groups is 3. The molecule has 0 saturated carbocycles. The predicted molar refractivity (Wildman–Crippen MR) is 94.0 cm³/mol. The van der Waals surface area contributed by atoms with Crippen molar-refractivity contribution in [3.8, 4) is 0 Å². The van der Waals surface area contributed by atoms with E-state index in [4.69, 9.17) is 9.47 Å². The lowest BCUT2D eigenvalue weighted by Crippen LogP contribution is -2.46. The Balaban J connectivity index is 1.69. The molecule has 0 bridgehead atoms. The third kappa shape index (κ3) is 6.64. The summed E-state index contributed by atoms with van der Waals surface area (Å²) in [4.78, 5) is 35.2. The summed E-state index contributed by atoms with van der Waals surface area (Å²) in [6, 6.07) is 17.2. The molecule has 2 rings (SSSR count). The highest BCUT2D eigenvalue weighted by molar-refractivity contribution is 5.95. The topological polar surface area (TPSA) is 93.7 Å². The minimum atomic E-state index is -0.956. The average Bonchev–Trinajstić information content (AvgIpc) is 2.66. The number of hydrogen-bond acceptors (Lipinski definition) is 5. The molecule has 0 aliphatic heterocycles. The fourth-order valence-electron chi connectivity index (χ4n) is 1.98. The van der Waals surface area contributed by atoms with Crippen LogP contribution in [-0.4, -0.2) is 24.1 Å². The van der Waals surface area contributed by atoms with E-state index >= 15 is 0 Å². The first kappa shape index (κ1) is 19.0. The fourth-order valence-corrected chi connectivity index (χ4v) is 1.98. The van der Waals surface area contributed by atoms with Crippen LogP contribution < -0.4 is 10.6 Å². The van der Waals surface area contributed by atoms with Gasteiger partial charge in [0.05, 0.1) is 0 Å². The van der Waals surface area contributed by atoms with Crippen LogP contribution in [0, 0.1) is 0 Å². The van der Waals surface area contributed by atoms with Crippen molar-refractivity contribution >= 4 is 18.1 Å². The van der Waals surface area contributed by atoms with Gasteiger partial charge in [-0.15, -0.1) is 0 Å². The molecule has 1 atom stereocenters. The van der Waals surface area contributed by atoms with E-state index in [-0.39, 0.29) is 13.2 Å². The van der Waals surface area contributed by atoms with Gasteiger partial charge in [-0.05, 0) is 18.1 Å². The summed E-state index contributed by atoms with van der Waals surface area (Å²) in [5.41, 5.74) is 1.62. The average molecular weight is 356 g/mol. The molecule has 0 aromatic heterocycles. The molecule has 1 unspecified atom stereocenters. The van der Waals surface area contributed by atoms with Crippen LogP contribution in [0.4, 0.5) is 9.59 Å². The van der Waals surface area contributed by atoms with Crippen LogP contribution >= 0.6 is 0 Å². The van der Waals surface area contributed by atoms with Crippen LogP contribution in [0.5, 0.6) is 0 Å². The molecule has 0 aliphatic carbocycles. The van der Waals surface area contributed by atoms with Crippen LogP contribution in [-0.2, 0) is 27.5 Å². The van der Waals surface area contributed by atoms with Crippen molar-refractivity contribution < 1.29 is 23.9 Å². The highest BCUT2D eigenvalue weighted by Crippen LogP contribution is 2.02. The molecule has 7 heteroatoms. The summed E-state index contributed by atoms with van der Waals surface area (Å²) in [5.74, 6) is -0.695. The summed E-state index contributed by atoms with van der Waals surface area (Å²) in [7, 11) is 0. The van der Waals surface area contributed by atoms with Crippen molar-refractivity contribution in [2.24, 2.45) is 0 Å². The van der Waals surface area contributed by atoms with Crippen molar-refractivity contribution in [2.75, 3.05) is 0 Å². The molecule has 0 heterocycles. The first-order valence-electron chi connectivity index (χ1n) is 8.03. The van der Waals surface area contributed by atoms with Gasteiger partial charge in [-0.25, -0.2) is 9.59 Å². The molecule has 136 valence electrons. The standard InChI is InChI=1S/C19H20N2O5/c1-14(20-18(23)25-12-15-8-4-2-5-9-15)17(22)21-19(24)26-13-16-10-6-3-7-11-16/h2-11,14H,12-13H2,1H3,(H,20,23)(H,21,22,24). The second-order valence-corrected chi connectivity index (χ2v) is 5.48. The molecular weight excluding hydrogens is 336 g/mol. The highest BCUT2D eigenvalue weighted by Gasteiger charge is 2.19. The Morgan fingerprint density at radius 2 is 1.27 bits per heavy atom. The van der Waals surface area contributed by atoms with Crippen molar-refractivity contribution in [2.45, 2.75) is 26.2 Å². The third-order valence-electron chi connectivity index (χ3n) is 3.38. The summed E-state index contributed by atoms with van der Waals surface area (Å²) in [5, 5.41) is 4.41. The molecule has 0 aliphatic rings. The number of imide groups is 1. The molecule has 3 amide bonds. The largest absolute Gasteiger partial charge is 0.445 e. The van der Waals surface area contributed by atoms with Gasteiger partial charge < -0.3 is 14.8 Å². The van der Waals surface area contributed by atoms with Gasteiger partial charge in [0.25, 0.3) is 5.91 Å². The van der Waals surface area contributed by atoms with Crippen LogP contribution in [0.25, 0.3) is 0 Å². The Labute approximate surface area is 151 Å². The van der Waals surface area contributed by atoms with Crippen LogP contribution in [0.3, 0.4) is 0 Å². The number of ether oxygens (including phenoxy) is 2. The van der Waals surface area contributed by atoms with E-state index < -0.39 is 24.1 Å². The number of alkyl carbamates (subject to hydrolysis) is 2. The zero-order valence-electron chi connectivity index (χ0n) is 14.3. The third-order valence-corrected chi connectivity index (χ3v) is 3.38. The van der Waals surface area contributed by atoms with E-state index in [1.54, 1.807) is 12.1 Å². The minimum absolute atomic E-state index is 0.0425. The van der Waals surface area contributed by atoms with E-state index in [1.807, 2.05) is 48.5 Å². The Kier molecular flexibility index (Phi) is 7.17. The molecule has 2 N–H and O–H groups in total. The van der Waals surface area contributed by atoms with Gasteiger partial charge in [0, 0.05) is 0 Å². The molecular formula is C19H20N2O5. The number of hydrogen-bond donors (Lipinski definition) is 2. The maximum Gasteiger partial charge on any atom is 0.414 e. The lowest BCUT2D eigenvalue weighted by Gasteiger charge is -2.13. The van der Waals surface area contributed by atoms with Gasteiger partial charge in [0.15, 0.2) is 0 Å². The van der Waals surface area contributed by atoms with E-state index in [1.165, 1.54) is 6.92 Å². The molecule has 0 fully saturated rings. The van der Waals surface area contributed by atoms with Gasteiger partial charge >= 0.3 is 12.2 Å². The Hall–Kier alpha value is -3.35. The molecule has 2 aromatic carbocycles. The second-order valence-electron chi connectivity index (χ2n) is 5.48. The van der Waals surface area contributed by atoms with Gasteiger partial charge in [-0.3, -0.25) is 10.1 Å². The summed E-state index contributed by atoms with van der Waals surface area (Å²) in [6.45, 7) is 1.56. The van der Waals surface area contributed by atoms with Crippen molar-refractivity contribution in [1.29, 1.82) is 0 Å². The Morgan fingerprint density at radius 3 is 1.77 bits per heavy atom. The zero-order valence-corrected chi connectivity index (χ0v) is 14.3. The monoisotopic (exact) mass is 356 g/mol.